The summed E-state index contributed by atoms with van der Waals surface area (Å²) in [6, 6.07) is 0. The van der Waals surface area contributed by atoms with Gasteiger partial charge in [0.15, 0.2) is 0 Å². The van der Waals surface area contributed by atoms with Gasteiger partial charge < -0.3 is 10.2 Å². The number of hydrogen-bond acceptors (Lipinski definition) is 2. The summed E-state index contributed by atoms with van der Waals surface area (Å²) in [6.45, 7) is 2.83. The second kappa shape index (κ2) is 11.6. The van der Waals surface area contributed by atoms with Gasteiger partial charge in [-0.3, -0.25) is 0 Å². The number of rotatable bonds is 2. The van der Waals surface area contributed by atoms with Crippen LogP contribution in [0.25, 0.3) is 0 Å². The Morgan fingerprint density at radius 2 is 0.941 bits per heavy atom. The summed E-state index contributed by atoms with van der Waals surface area (Å²) < 4.78 is 0. The normalized spacial score (nSPS) is 12.1. The van der Waals surface area contributed by atoms with E-state index in [-0.39, 0.29) is 47.4 Å². The molecule has 0 fully saturated rings. The number of halogens is 4. The van der Waals surface area contributed by atoms with E-state index in [4.69, 9.17) is 56.6 Å². The molecule has 0 atom stereocenters. The molecule has 0 spiro atoms. The molecule has 0 bridgehead atoms. The number of carboxylic acid groups (broad SMARTS) is 2. The van der Waals surface area contributed by atoms with E-state index < -0.39 is 11.9 Å². The van der Waals surface area contributed by atoms with Crippen molar-refractivity contribution < 1.29 is 47.1 Å². The first-order valence-electron chi connectivity index (χ1n) is 3.61. The zero-order valence-electron chi connectivity index (χ0n) is 8.93. The molecule has 0 aromatic heterocycles. The van der Waals surface area contributed by atoms with Gasteiger partial charge in [-0.2, -0.15) is 0 Å². The fourth-order valence-electron chi connectivity index (χ4n) is 0.295. The van der Waals surface area contributed by atoms with Gasteiger partial charge in [-0.25, -0.2) is 9.59 Å². The fraction of sp³-hybridized carbons (Fsp3) is 0.250. The van der Waals surface area contributed by atoms with Crippen molar-refractivity contribution in [2.45, 2.75) is 13.8 Å². The summed E-state index contributed by atoms with van der Waals surface area (Å²) in [5.74, 6) is -2.39. The van der Waals surface area contributed by atoms with Crippen molar-refractivity contribution >= 4 is 58.3 Å². The SMILES string of the molecule is C/C(Cl)=C(\Cl)C(=O)O.C/C(Cl)=C(\Cl)C(=O)O.[Cd]. The smallest absolute Gasteiger partial charge is 0.348 e. The van der Waals surface area contributed by atoms with Gasteiger partial charge in [0.1, 0.15) is 10.1 Å². The zero-order valence-corrected chi connectivity index (χ0v) is 16.0. The minimum atomic E-state index is -1.20. The monoisotopic (exact) mass is 422 g/mol. The van der Waals surface area contributed by atoms with Gasteiger partial charge in [0.2, 0.25) is 0 Å². The molecule has 0 aliphatic heterocycles. The number of allylic oxidation sites excluding steroid dienone is 2. The average molecular weight is 422 g/mol. The molecule has 2 N–H and O–H groups in total. The third-order valence-electron chi connectivity index (χ3n) is 0.980. The van der Waals surface area contributed by atoms with E-state index in [0.29, 0.717) is 0 Å². The Morgan fingerprint density at radius 1 is 0.765 bits per heavy atom. The first-order chi connectivity index (χ1) is 7.11. The number of carboxylic acids is 2. The van der Waals surface area contributed by atoms with Crippen LogP contribution in [-0.4, -0.2) is 22.2 Å². The van der Waals surface area contributed by atoms with Crippen LogP contribution in [0.15, 0.2) is 20.1 Å². The van der Waals surface area contributed by atoms with Crippen molar-refractivity contribution in [3.05, 3.63) is 20.1 Å². The van der Waals surface area contributed by atoms with Crippen molar-refractivity contribution in [2.24, 2.45) is 0 Å². The Morgan fingerprint density at radius 3 is 0.941 bits per heavy atom. The quantitative estimate of drug-likeness (QED) is 0.527. The molecule has 9 heteroatoms. The molecule has 0 saturated carbocycles. The second-order valence-electron chi connectivity index (χ2n) is 2.31. The maximum Gasteiger partial charge on any atom is 0.348 e. The van der Waals surface area contributed by atoms with Gasteiger partial charge in [0, 0.05) is 37.4 Å². The van der Waals surface area contributed by atoms with Crippen LogP contribution in [0.2, 0.25) is 0 Å². The van der Waals surface area contributed by atoms with Gasteiger partial charge in [-0.05, 0) is 13.8 Å². The summed E-state index contributed by atoms with van der Waals surface area (Å²) in [6.07, 6.45) is 0. The Bertz CT molecular complexity index is 309. The number of hydrogen-bond donors (Lipinski definition) is 2. The van der Waals surface area contributed by atoms with Gasteiger partial charge in [-0.1, -0.05) is 46.4 Å². The van der Waals surface area contributed by atoms with E-state index in [0.717, 1.165) is 0 Å². The van der Waals surface area contributed by atoms with Crippen molar-refractivity contribution in [3.63, 3.8) is 0 Å². The first-order valence-corrected chi connectivity index (χ1v) is 5.12. The molecule has 94 valence electrons. The standard InChI is InChI=1S/2C4H4Cl2O2.Cd/c2*1-2(5)3(6)4(7)8;/h2*1H3,(H,7,8);/b2*3-2+;. The molecule has 0 heterocycles. The average Bonchev–Trinajstić information content (AvgIpc) is 2.15. The Labute approximate surface area is 138 Å². The second-order valence-corrected chi connectivity index (χ2v) is 4.20. The molecule has 0 saturated heterocycles. The topological polar surface area (TPSA) is 74.6 Å². The van der Waals surface area contributed by atoms with Crippen molar-refractivity contribution in [1.82, 2.24) is 0 Å². The van der Waals surface area contributed by atoms with Crippen LogP contribution in [0.5, 0.6) is 0 Å². The Kier molecular flexibility index (Phi) is 15.4. The van der Waals surface area contributed by atoms with E-state index in [1.807, 2.05) is 0 Å². The minimum absolute atomic E-state index is 0. The van der Waals surface area contributed by atoms with E-state index in [9.17, 15) is 9.59 Å². The summed E-state index contributed by atoms with van der Waals surface area (Å²) >= 11 is 20.6. The summed E-state index contributed by atoms with van der Waals surface area (Å²) in [5, 5.41) is 15.7. The zero-order chi connectivity index (χ0) is 13.5. The summed E-state index contributed by atoms with van der Waals surface area (Å²) in [4.78, 5) is 19.7. The number of aliphatic carboxylic acids is 2. The third kappa shape index (κ3) is 12.7. The summed E-state index contributed by atoms with van der Waals surface area (Å²) in [5.41, 5.74) is 0. The molecule has 17 heavy (non-hydrogen) atoms. The maximum absolute atomic E-state index is 9.87. The molecule has 0 rings (SSSR count). The Balaban J connectivity index is -0.000000218. The van der Waals surface area contributed by atoms with Crippen LogP contribution in [-0.2, 0) is 36.9 Å². The van der Waals surface area contributed by atoms with Gasteiger partial charge >= 0.3 is 11.9 Å². The molecule has 0 amide bonds. The van der Waals surface area contributed by atoms with Gasteiger partial charge in [0.25, 0.3) is 0 Å². The molecule has 0 aliphatic rings. The van der Waals surface area contributed by atoms with E-state index in [1.54, 1.807) is 0 Å². The van der Waals surface area contributed by atoms with Crippen LogP contribution in [0.1, 0.15) is 13.8 Å². The molecule has 0 radical (unpaired) electrons. The maximum atomic E-state index is 9.87. The Hall–Kier alpha value is 0.502. The van der Waals surface area contributed by atoms with Gasteiger partial charge in [0.05, 0.1) is 0 Å². The number of carbonyl (C=O) groups is 2. The molecule has 4 nitrogen and oxygen atoms in total. The molecular formula is C8H8CdCl4O4. The predicted octanol–water partition coefficient (Wildman–Crippen LogP) is 3.56. The van der Waals surface area contributed by atoms with Crippen molar-refractivity contribution in [3.8, 4) is 0 Å². The first kappa shape index (κ1) is 22.7. The summed E-state index contributed by atoms with van der Waals surface area (Å²) in [7, 11) is 0. The van der Waals surface area contributed by atoms with E-state index >= 15 is 0 Å². The molecule has 0 aromatic rings. The van der Waals surface area contributed by atoms with Crippen LogP contribution in [0.3, 0.4) is 0 Å². The van der Waals surface area contributed by atoms with Crippen LogP contribution < -0.4 is 0 Å². The van der Waals surface area contributed by atoms with Crippen molar-refractivity contribution in [2.75, 3.05) is 0 Å². The minimum Gasteiger partial charge on any atom is -0.477 e. The van der Waals surface area contributed by atoms with Crippen LogP contribution in [0, 0.1) is 0 Å². The molecule has 0 aliphatic carbocycles. The predicted molar refractivity (Wildman–Crippen MR) is 64.1 cm³/mol. The third-order valence-corrected chi connectivity index (χ3v) is 2.44. The van der Waals surface area contributed by atoms with E-state index in [1.165, 1.54) is 13.8 Å². The fourth-order valence-corrected chi connectivity index (χ4v) is 0.456. The van der Waals surface area contributed by atoms with Crippen molar-refractivity contribution in [1.29, 1.82) is 0 Å². The largest absolute Gasteiger partial charge is 0.477 e. The molecule has 0 aromatic carbocycles. The molecule has 0 unspecified atom stereocenters. The van der Waals surface area contributed by atoms with Crippen LogP contribution >= 0.6 is 46.4 Å². The van der Waals surface area contributed by atoms with Gasteiger partial charge in [-0.15, -0.1) is 0 Å². The van der Waals surface area contributed by atoms with Crippen LogP contribution in [0.4, 0.5) is 0 Å². The molecular weight excluding hydrogens is 414 g/mol. The van der Waals surface area contributed by atoms with E-state index in [2.05, 4.69) is 0 Å².